The van der Waals surface area contributed by atoms with Gasteiger partial charge in [0.2, 0.25) is 0 Å². The Kier molecular flexibility index (Phi) is 4.65. The van der Waals surface area contributed by atoms with Crippen LogP contribution in [0.1, 0.15) is 16.8 Å². The summed E-state index contributed by atoms with van der Waals surface area (Å²) in [7, 11) is 0. The number of benzene rings is 1. The number of H-pyrrole nitrogens is 1. The van der Waals surface area contributed by atoms with Crippen LogP contribution in [0.3, 0.4) is 0 Å². The minimum Gasteiger partial charge on any atom is -0.306 e. The number of halogens is 2. The third kappa shape index (κ3) is 3.51. The van der Waals surface area contributed by atoms with Crippen LogP contribution in [-0.2, 0) is 19.5 Å². The number of aromatic nitrogens is 2. The molecule has 0 unspecified atom stereocenters. The van der Waals surface area contributed by atoms with E-state index in [0.717, 1.165) is 28.2 Å². The van der Waals surface area contributed by atoms with Gasteiger partial charge in [0.05, 0.1) is 10.6 Å². The molecule has 0 spiro atoms. The molecule has 25 heavy (non-hydrogen) atoms. The average Bonchev–Trinajstić information content (AvgIpc) is 3.12. The van der Waals surface area contributed by atoms with Gasteiger partial charge in [0.15, 0.2) is 5.82 Å². The first-order valence-electron chi connectivity index (χ1n) is 7.92. The van der Waals surface area contributed by atoms with Crippen molar-refractivity contribution in [2.24, 2.45) is 0 Å². The molecular weight excluding hydrogens is 377 g/mol. The summed E-state index contributed by atoms with van der Waals surface area (Å²) in [6.07, 6.45) is 0.681. The molecule has 2 aromatic heterocycles. The average molecular weight is 392 g/mol. The van der Waals surface area contributed by atoms with Gasteiger partial charge in [0, 0.05) is 35.2 Å². The topological polar surface area (TPSA) is 49.0 Å². The summed E-state index contributed by atoms with van der Waals surface area (Å²) >= 11 is 13.9. The Bertz CT molecular complexity index is 969. The summed E-state index contributed by atoms with van der Waals surface area (Å²) in [5.41, 5.74) is 2.58. The van der Waals surface area contributed by atoms with Gasteiger partial charge in [0.25, 0.3) is 5.56 Å². The lowest BCUT2D eigenvalue weighted by Crippen LogP contribution is -2.35. The summed E-state index contributed by atoms with van der Waals surface area (Å²) in [4.78, 5) is 23.2. The summed E-state index contributed by atoms with van der Waals surface area (Å²) in [6, 6.07) is 9.40. The van der Waals surface area contributed by atoms with Crippen molar-refractivity contribution in [2.75, 3.05) is 6.54 Å². The van der Waals surface area contributed by atoms with E-state index in [9.17, 15) is 4.79 Å². The molecule has 0 radical (unpaired) electrons. The van der Waals surface area contributed by atoms with Crippen molar-refractivity contribution in [3.63, 3.8) is 0 Å². The molecule has 128 valence electrons. The van der Waals surface area contributed by atoms with Crippen molar-refractivity contribution in [3.8, 4) is 10.7 Å². The van der Waals surface area contributed by atoms with Crippen molar-refractivity contribution in [1.29, 1.82) is 0 Å². The molecule has 4 rings (SSSR count). The third-order valence-electron chi connectivity index (χ3n) is 4.31. The highest BCUT2D eigenvalue weighted by atomic mass is 35.5. The van der Waals surface area contributed by atoms with Crippen molar-refractivity contribution in [1.82, 2.24) is 14.9 Å². The Morgan fingerprint density at radius 1 is 1.28 bits per heavy atom. The standard InChI is InChI=1S/C18H15Cl2N3OS/c19-12-3-4-14(20)11(8-12)9-23-6-5-13-15(10-23)21-17(22-18(13)24)16-2-1-7-25-16/h1-4,7-8H,5-6,9-10H2,(H,21,22,24). The molecule has 1 aromatic carbocycles. The van der Waals surface area contributed by atoms with Gasteiger partial charge in [-0.25, -0.2) is 4.98 Å². The second-order valence-electron chi connectivity index (χ2n) is 6.01. The fraction of sp³-hybridized carbons (Fsp3) is 0.222. The molecule has 0 atom stereocenters. The molecule has 3 aromatic rings. The number of nitrogens with one attached hydrogen (secondary N) is 1. The first-order valence-corrected chi connectivity index (χ1v) is 9.56. The van der Waals surface area contributed by atoms with Gasteiger partial charge in [-0.1, -0.05) is 29.3 Å². The molecular formula is C18H15Cl2N3OS. The van der Waals surface area contributed by atoms with Crippen LogP contribution >= 0.6 is 34.5 Å². The van der Waals surface area contributed by atoms with Crippen molar-refractivity contribution in [2.45, 2.75) is 19.5 Å². The Morgan fingerprint density at radius 3 is 2.96 bits per heavy atom. The van der Waals surface area contributed by atoms with Crippen LogP contribution in [0.2, 0.25) is 10.0 Å². The van der Waals surface area contributed by atoms with Gasteiger partial charge >= 0.3 is 0 Å². The van der Waals surface area contributed by atoms with Crippen LogP contribution < -0.4 is 5.56 Å². The Hall–Kier alpha value is -1.66. The fourth-order valence-electron chi connectivity index (χ4n) is 3.06. The van der Waals surface area contributed by atoms with Gasteiger partial charge in [-0.3, -0.25) is 9.69 Å². The first-order chi connectivity index (χ1) is 12.1. The lowest BCUT2D eigenvalue weighted by molar-refractivity contribution is 0.240. The maximum Gasteiger partial charge on any atom is 0.254 e. The van der Waals surface area contributed by atoms with Crippen LogP contribution in [0, 0.1) is 0 Å². The number of nitrogens with zero attached hydrogens (tertiary/aromatic N) is 2. The van der Waals surface area contributed by atoms with Gasteiger partial charge in [-0.15, -0.1) is 11.3 Å². The first kappa shape index (κ1) is 16.8. The Balaban J connectivity index is 1.62. The summed E-state index contributed by atoms with van der Waals surface area (Å²) < 4.78 is 0. The van der Waals surface area contributed by atoms with Gasteiger partial charge in [0.1, 0.15) is 0 Å². The van der Waals surface area contributed by atoms with Crippen LogP contribution in [0.4, 0.5) is 0 Å². The number of fused-ring (bicyclic) bond motifs is 1. The molecule has 1 N–H and O–H groups in total. The van der Waals surface area contributed by atoms with E-state index in [-0.39, 0.29) is 5.56 Å². The van der Waals surface area contributed by atoms with Crippen molar-refractivity contribution < 1.29 is 0 Å². The van der Waals surface area contributed by atoms with Gasteiger partial charge in [-0.05, 0) is 41.6 Å². The number of thiophene rings is 1. The predicted octanol–water partition coefficient (Wildman–Crippen LogP) is 4.36. The molecule has 0 fully saturated rings. The minimum absolute atomic E-state index is 0.0335. The molecule has 4 nitrogen and oxygen atoms in total. The Labute approximate surface area is 159 Å². The lowest BCUT2D eigenvalue weighted by atomic mass is 10.1. The highest BCUT2D eigenvalue weighted by molar-refractivity contribution is 7.13. The van der Waals surface area contributed by atoms with E-state index in [1.54, 1.807) is 17.4 Å². The van der Waals surface area contributed by atoms with Crippen LogP contribution in [0.5, 0.6) is 0 Å². The molecule has 0 aliphatic carbocycles. The molecule has 0 saturated heterocycles. The monoisotopic (exact) mass is 391 g/mol. The SMILES string of the molecule is O=c1[nH]c(-c2cccs2)nc2c1CCN(Cc1cc(Cl)ccc1Cl)C2. The zero-order valence-corrected chi connectivity index (χ0v) is 15.6. The van der Waals surface area contributed by atoms with E-state index >= 15 is 0 Å². The number of rotatable bonds is 3. The molecule has 7 heteroatoms. The number of hydrogen-bond acceptors (Lipinski definition) is 4. The van der Waals surface area contributed by atoms with Crippen LogP contribution in [0.15, 0.2) is 40.5 Å². The smallest absolute Gasteiger partial charge is 0.254 e. The zero-order chi connectivity index (χ0) is 17.4. The van der Waals surface area contributed by atoms with Crippen LogP contribution in [0.25, 0.3) is 10.7 Å². The highest BCUT2D eigenvalue weighted by Crippen LogP contribution is 2.26. The Morgan fingerprint density at radius 2 is 2.16 bits per heavy atom. The van der Waals surface area contributed by atoms with Crippen LogP contribution in [-0.4, -0.2) is 21.4 Å². The maximum absolute atomic E-state index is 12.4. The third-order valence-corrected chi connectivity index (χ3v) is 5.79. The van der Waals surface area contributed by atoms with E-state index in [0.29, 0.717) is 35.4 Å². The van der Waals surface area contributed by atoms with E-state index in [4.69, 9.17) is 28.2 Å². The molecule has 1 aliphatic heterocycles. The molecule has 3 heterocycles. The predicted molar refractivity (Wildman–Crippen MR) is 102 cm³/mol. The maximum atomic E-state index is 12.4. The quantitative estimate of drug-likeness (QED) is 0.721. The molecule has 1 aliphatic rings. The van der Waals surface area contributed by atoms with E-state index in [1.807, 2.05) is 29.6 Å². The summed E-state index contributed by atoms with van der Waals surface area (Å²) in [5, 5.41) is 3.35. The van der Waals surface area contributed by atoms with Crippen molar-refractivity contribution in [3.05, 3.63) is 72.9 Å². The fourth-order valence-corrected chi connectivity index (χ4v) is 4.11. The largest absolute Gasteiger partial charge is 0.306 e. The van der Waals surface area contributed by atoms with E-state index in [2.05, 4.69) is 9.88 Å². The zero-order valence-electron chi connectivity index (χ0n) is 13.3. The van der Waals surface area contributed by atoms with Gasteiger partial charge in [-0.2, -0.15) is 0 Å². The highest BCUT2D eigenvalue weighted by Gasteiger charge is 2.22. The lowest BCUT2D eigenvalue weighted by Gasteiger charge is -2.28. The molecule has 0 amide bonds. The second-order valence-corrected chi connectivity index (χ2v) is 7.80. The van der Waals surface area contributed by atoms with E-state index < -0.39 is 0 Å². The number of aromatic amines is 1. The summed E-state index contributed by atoms with van der Waals surface area (Å²) in [5.74, 6) is 0.640. The van der Waals surface area contributed by atoms with Gasteiger partial charge < -0.3 is 4.98 Å². The molecule has 0 bridgehead atoms. The normalized spacial score (nSPS) is 14.5. The minimum atomic E-state index is -0.0335. The summed E-state index contributed by atoms with van der Waals surface area (Å²) in [6.45, 7) is 2.10. The molecule has 0 saturated carbocycles. The number of hydrogen-bond donors (Lipinski definition) is 1. The van der Waals surface area contributed by atoms with Crippen molar-refractivity contribution >= 4 is 34.5 Å². The second kappa shape index (κ2) is 6.92. The van der Waals surface area contributed by atoms with E-state index in [1.165, 1.54) is 0 Å².